The van der Waals surface area contributed by atoms with E-state index in [1.165, 1.54) is 19.4 Å². The minimum Gasteiger partial charge on any atom is -0.495 e. The highest BCUT2D eigenvalue weighted by molar-refractivity contribution is 6.34. The summed E-state index contributed by atoms with van der Waals surface area (Å²) in [6, 6.07) is 6.15. The number of rotatable bonds is 2. The second kappa shape index (κ2) is 4.77. The van der Waals surface area contributed by atoms with Crippen LogP contribution in [0, 0.1) is 0 Å². The number of hydrogen-bond donors (Lipinski definition) is 0. The van der Waals surface area contributed by atoms with E-state index in [0.29, 0.717) is 21.5 Å². The molecule has 0 unspecified atom stereocenters. The second-order valence-electron chi connectivity index (χ2n) is 3.24. The molecule has 0 fully saturated rings. The monoisotopic (exact) mass is 270 g/mol. The number of nitrogens with zero attached hydrogens (tertiary/aromatic N) is 2. The third kappa shape index (κ3) is 2.43. The van der Waals surface area contributed by atoms with Crippen molar-refractivity contribution in [2.24, 2.45) is 0 Å². The van der Waals surface area contributed by atoms with Crippen molar-refractivity contribution in [1.82, 2.24) is 9.78 Å². The minimum absolute atomic E-state index is 0.339. The molecular formula is C11H8Cl2N2O2. The first-order valence-corrected chi connectivity index (χ1v) is 5.46. The fourth-order valence-electron chi connectivity index (χ4n) is 1.33. The number of methoxy groups -OCH3 is 1. The Morgan fingerprint density at radius 2 is 2.06 bits per heavy atom. The van der Waals surface area contributed by atoms with Gasteiger partial charge in [-0.1, -0.05) is 23.2 Å². The fraction of sp³-hybridized carbons (Fsp3) is 0.0909. The Balaban J connectivity index is 2.61. The Hall–Kier alpha value is -1.52. The molecule has 0 aliphatic rings. The van der Waals surface area contributed by atoms with Crippen molar-refractivity contribution in [1.29, 1.82) is 0 Å². The summed E-state index contributed by atoms with van der Waals surface area (Å²) < 4.78 is 6.07. The molecule has 0 saturated heterocycles. The quantitative estimate of drug-likeness (QED) is 0.843. The maximum atomic E-state index is 11.8. The molecule has 0 amide bonds. The molecule has 0 bridgehead atoms. The van der Waals surface area contributed by atoms with E-state index in [2.05, 4.69) is 5.10 Å². The van der Waals surface area contributed by atoms with Gasteiger partial charge in [0.1, 0.15) is 5.75 Å². The minimum atomic E-state index is -0.339. The number of benzene rings is 1. The summed E-state index contributed by atoms with van der Waals surface area (Å²) in [4.78, 5) is 11.8. The van der Waals surface area contributed by atoms with E-state index >= 15 is 0 Å². The van der Waals surface area contributed by atoms with E-state index in [4.69, 9.17) is 27.9 Å². The molecule has 2 aromatic rings. The third-order valence-electron chi connectivity index (χ3n) is 2.15. The summed E-state index contributed by atoms with van der Waals surface area (Å²) in [5.74, 6) is 0.393. The fourth-order valence-corrected chi connectivity index (χ4v) is 1.70. The van der Waals surface area contributed by atoms with Crippen LogP contribution in [0.5, 0.6) is 5.75 Å². The second-order valence-corrected chi connectivity index (χ2v) is 4.08. The zero-order valence-electron chi connectivity index (χ0n) is 8.85. The van der Waals surface area contributed by atoms with E-state index in [9.17, 15) is 4.79 Å². The molecule has 4 nitrogen and oxygen atoms in total. The third-order valence-corrected chi connectivity index (χ3v) is 2.70. The smallest absolute Gasteiger partial charge is 0.275 e. The van der Waals surface area contributed by atoms with Crippen LogP contribution in [0.1, 0.15) is 0 Å². The van der Waals surface area contributed by atoms with Crippen molar-refractivity contribution in [3.05, 3.63) is 50.9 Å². The molecule has 1 aromatic carbocycles. The van der Waals surface area contributed by atoms with Gasteiger partial charge in [-0.2, -0.15) is 9.78 Å². The SMILES string of the molecule is COc1cnn(-c2cc(Cl)ccc2Cl)c(=O)c1. The summed E-state index contributed by atoms with van der Waals surface area (Å²) in [6.07, 6.45) is 1.43. The van der Waals surface area contributed by atoms with Crippen LogP contribution in [0.4, 0.5) is 0 Å². The van der Waals surface area contributed by atoms with Gasteiger partial charge < -0.3 is 4.74 Å². The molecule has 0 spiro atoms. The van der Waals surface area contributed by atoms with Crippen molar-refractivity contribution in [2.45, 2.75) is 0 Å². The van der Waals surface area contributed by atoms with Crippen LogP contribution in [0.2, 0.25) is 10.0 Å². The van der Waals surface area contributed by atoms with Gasteiger partial charge in [-0.3, -0.25) is 4.79 Å². The van der Waals surface area contributed by atoms with Gasteiger partial charge in [0.25, 0.3) is 5.56 Å². The molecule has 1 aromatic heterocycles. The first kappa shape index (κ1) is 12.0. The van der Waals surface area contributed by atoms with Crippen molar-refractivity contribution in [3.63, 3.8) is 0 Å². The van der Waals surface area contributed by atoms with Gasteiger partial charge in [0.15, 0.2) is 0 Å². The Morgan fingerprint density at radius 1 is 1.29 bits per heavy atom. The van der Waals surface area contributed by atoms with Crippen LogP contribution in [0.15, 0.2) is 35.3 Å². The zero-order chi connectivity index (χ0) is 12.4. The summed E-state index contributed by atoms with van der Waals surface area (Å²) in [6.45, 7) is 0. The molecule has 6 heteroatoms. The largest absolute Gasteiger partial charge is 0.495 e. The number of aromatic nitrogens is 2. The number of hydrogen-bond acceptors (Lipinski definition) is 3. The average Bonchev–Trinajstić information content (AvgIpc) is 2.32. The van der Waals surface area contributed by atoms with Gasteiger partial charge >= 0.3 is 0 Å². The van der Waals surface area contributed by atoms with Gasteiger partial charge in [0, 0.05) is 11.1 Å². The summed E-state index contributed by atoms with van der Waals surface area (Å²) in [5.41, 5.74) is 0.0975. The molecule has 88 valence electrons. The van der Waals surface area contributed by atoms with Crippen LogP contribution < -0.4 is 10.3 Å². The average molecular weight is 271 g/mol. The molecule has 0 N–H and O–H groups in total. The van der Waals surface area contributed by atoms with E-state index in [-0.39, 0.29) is 5.56 Å². The van der Waals surface area contributed by atoms with E-state index in [1.807, 2.05) is 0 Å². The normalized spacial score (nSPS) is 10.3. The first-order chi connectivity index (χ1) is 8.11. The lowest BCUT2D eigenvalue weighted by molar-refractivity contribution is 0.409. The molecule has 2 rings (SSSR count). The van der Waals surface area contributed by atoms with Crippen molar-refractivity contribution < 1.29 is 4.74 Å². The summed E-state index contributed by atoms with van der Waals surface area (Å²) >= 11 is 11.8. The molecule has 1 heterocycles. The van der Waals surface area contributed by atoms with Crippen molar-refractivity contribution in [2.75, 3.05) is 7.11 Å². The Morgan fingerprint density at radius 3 is 2.71 bits per heavy atom. The maximum Gasteiger partial charge on any atom is 0.275 e. The predicted octanol–water partition coefficient (Wildman–Crippen LogP) is 2.55. The molecule has 0 atom stereocenters. The molecule has 17 heavy (non-hydrogen) atoms. The Bertz CT molecular complexity index is 611. The Labute approximate surface area is 107 Å². The van der Waals surface area contributed by atoms with Gasteiger partial charge in [-0.15, -0.1) is 0 Å². The van der Waals surface area contributed by atoms with Gasteiger partial charge in [-0.25, -0.2) is 0 Å². The lowest BCUT2D eigenvalue weighted by atomic mass is 10.3. The van der Waals surface area contributed by atoms with Gasteiger partial charge in [0.2, 0.25) is 0 Å². The van der Waals surface area contributed by atoms with Crippen molar-refractivity contribution >= 4 is 23.2 Å². The summed E-state index contributed by atoms with van der Waals surface area (Å²) in [5, 5.41) is 4.84. The lowest BCUT2D eigenvalue weighted by Gasteiger charge is -2.07. The van der Waals surface area contributed by atoms with Crippen LogP contribution >= 0.6 is 23.2 Å². The Kier molecular flexibility index (Phi) is 3.36. The lowest BCUT2D eigenvalue weighted by Crippen LogP contribution is -2.20. The highest BCUT2D eigenvalue weighted by Gasteiger charge is 2.07. The highest BCUT2D eigenvalue weighted by atomic mass is 35.5. The zero-order valence-corrected chi connectivity index (χ0v) is 10.4. The number of halogens is 2. The molecular weight excluding hydrogens is 263 g/mol. The van der Waals surface area contributed by atoms with E-state index in [0.717, 1.165) is 4.68 Å². The molecule has 0 aliphatic heterocycles. The predicted molar refractivity (Wildman–Crippen MR) is 66.4 cm³/mol. The summed E-state index contributed by atoms with van der Waals surface area (Å²) in [7, 11) is 1.47. The van der Waals surface area contributed by atoms with E-state index < -0.39 is 0 Å². The van der Waals surface area contributed by atoms with E-state index in [1.54, 1.807) is 18.2 Å². The highest BCUT2D eigenvalue weighted by Crippen LogP contribution is 2.22. The van der Waals surface area contributed by atoms with Crippen LogP contribution in [0.25, 0.3) is 5.69 Å². The molecule has 0 saturated carbocycles. The van der Waals surface area contributed by atoms with Gasteiger partial charge in [-0.05, 0) is 18.2 Å². The van der Waals surface area contributed by atoms with Gasteiger partial charge in [0.05, 0.1) is 24.0 Å². The maximum absolute atomic E-state index is 11.8. The topological polar surface area (TPSA) is 44.1 Å². The molecule has 0 radical (unpaired) electrons. The van der Waals surface area contributed by atoms with Crippen LogP contribution in [0.3, 0.4) is 0 Å². The number of ether oxygens (including phenoxy) is 1. The van der Waals surface area contributed by atoms with Crippen LogP contribution in [-0.2, 0) is 0 Å². The van der Waals surface area contributed by atoms with Crippen molar-refractivity contribution in [3.8, 4) is 11.4 Å². The van der Waals surface area contributed by atoms with Crippen LogP contribution in [-0.4, -0.2) is 16.9 Å². The first-order valence-electron chi connectivity index (χ1n) is 4.70. The standard InChI is InChI=1S/C11H8Cl2N2O2/c1-17-8-5-11(16)15(14-6-8)10-4-7(12)2-3-9(10)13/h2-6H,1H3. The molecule has 0 aliphatic carbocycles.